The molecule has 0 bridgehead atoms. The summed E-state index contributed by atoms with van der Waals surface area (Å²) in [6.07, 6.45) is 0.408. The predicted molar refractivity (Wildman–Crippen MR) is 91.0 cm³/mol. The Hall–Kier alpha value is -0.0700. The van der Waals surface area contributed by atoms with E-state index in [1.807, 2.05) is 0 Å². The first-order valence-electron chi connectivity index (χ1n) is 7.88. The quantitative estimate of drug-likeness (QED) is 0.457. The Morgan fingerprint density at radius 3 is 1.64 bits per heavy atom. The molecule has 0 radical (unpaired) electrons. The first kappa shape index (κ1) is 21.2. The Kier molecular flexibility index (Phi) is 6.08. The summed E-state index contributed by atoms with van der Waals surface area (Å²) in [4.78, 5) is 0. The first-order valence-corrected chi connectivity index (χ1v) is 12.7. The molecule has 0 aromatic heterocycles. The predicted octanol–water partition coefficient (Wildman–Crippen LogP) is 0.328. The molecule has 2 saturated heterocycles. The SMILES string of the molecule is CCOP(=O)(NC1(C)CCS(=O)(=O)OC1)NC1(C)CCS(=O)(=O)OC1. The van der Waals surface area contributed by atoms with Crippen molar-refractivity contribution in [2.75, 3.05) is 31.3 Å². The molecule has 2 aliphatic rings. The van der Waals surface area contributed by atoms with Crippen LogP contribution in [0.3, 0.4) is 0 Å². The van der Waals surface area contributed by atoms with Gasteiger partial charge in [0.2, 0.25) is 0 Å². The number of hydrogen-bond acceptors (Lipinski definition) is 8. The topological polar surface area (TPSA) is 137 Å². The first-order chi connectivity index (χ1) is 11.3. The van der Waals surface area contributed by atoms with Crippen LogP contribution < -0.4 is 10.2 Å². The molecule has 0 saturated carbocycles. The second-order valence-corrected chi connectivity index (χ2v) is 12.2. The van der Waals surface area contributed by atoms with E-state index in [0.29, 0.717) is 0 Å². The fourth-order valence-corrected chi connectivity index (χ4v) is 7.40. The zero-order chi connectivity index (χ0) is 19.0. The Bertz CT molecular complexity index is 665. The van der Waals surface area contributed by atoms with Crippen LogP contribution in [0, 0.1) is 0 Å². The highest BCUT2D eigenvalue weighted by Gasteiger charge is 2.45. The molecule has 2 N–H and O–H groups in total. The molecule has 148 valence electrons. The van der Waals surface area contributed by atoms with Gasteiger partial charge < -0.3 is 4.52 Å². The van der Waals surface area contributed by atoms with Crippen molar-refractivity contribution in [3.8, 4) is 0 Å². The van der Waals surface area contributed by atoms with E-state index < -0.39 is 39.0 Å². The normalized spacial score (nSPS) is 37.2. The summed E-state index contributed by atoms with van der Waals surface area (Å²) in [6.45, 7) is 4.86. The number of hydrogen-bond donors (Lipinski definition) is 2. The van der Waals surface area contributed by atoms with Crippen LogP contribution in [0.1, 0.15) is 33.6 Å². The van der Waals surface area contributed by atoms with Crippen molar-refractivity contribution in [3.63, 3.8) is 0 Å². The van der Waals surface area contributed by atoms with E-state index >= 15 is 0 Å². The van der Waals surface area contributed by atoms with E-state index in [1.165, 1.54) is 0 Å². The molecule has 0 amide bonds. The molecule has 0 aromatic rings. The summed E-state index contributed by atoms with van der Waals surface area (Å²) >= 11 is 0. The van der Waals surface area contributed by atoms with Crippen LogP contribution in [0.5, 0.6) is 0 Å². The minimum absolute atomic E-state index is 0.141. The van der Waals surface area contributed by atoms with Crippen molar-refractivity contribution in [1.82, 2.24) is 10.2 Å². The lowest BCUT2D eigenvalue weighted by molar-refractivity contribution is 0.168. The van der Waals surface area contributed by atoms with E-state index in [2.05, 4.69) is 10.2 Å². The monoisotopic (exact) mass is 420 g/mol. The lowest BCUT2D eigenvalue weighted by Crippen LogP contribution is -2.56. The van der Waals surface area contributed by atoms with Gasteiger partial charge in [0.05, 0.1) is 42.4 Å². The zero-order valence-corrected chi connectivity index (χ0v) is 17.0. The number of nitrogens with one attached hydrogen (secondary N) is 2. The number of rotatable bonds is 6. The second kappa shape index (κ2) is 7.16. The molecular formula is C12H25N2O8PS2. The van der Waals surface area contributed by atoms with Crippen molar-refractivity contribution >= 4 is 27.9 Å². The summed E-state index contributed by atoms with van der Waals surface area (Å²) in [5.41, 5.74) is -1.75. The summed E-state index contributed by atoms with van der Waals surface area (Å²) in [6, 6.07) is 0. The van der Waals surface area contributed by atoms with E-state index in [1.54, 1.807) is 20.8 Å². The summed E-state index contributed by atoms with van der Waals surface area (Å²) in [7, 11) is -10.7. The van der Waals surface area contributed by atoms with Gasteiger partial charge in [-0.2, -0.15) is 16.8 Å². The average Bonchev–Trinajstić information content (AvgIpc) is 2.47. The molecule has 0 aliphatic carbocycles. The zero-order valence-electron chi connectivity index (χ0n) is 14.5. The summed E-state index contributed by atoms with van der Waals surface area (Å²) < 4.78 is 74.0. The molecule has 2 fully saturated rings. The van der Waals surface area contributed by atoms with E-state index in [-0.39, 0.29) is 44.2 Å². The Morgan fingerprint density at radius 2 is 1.36 bits per heavy atom. The highest BCUT2D eigenvalue weighted by atomic mass is 32.2. The third-order valence-corrected chi connectivity index (χ3v) is 8.72. The smallest absolute Gasteiger partial charge is 0.306 e. The van der Waals surface area contributed by atoms with Gasteiger partial charge in [-0.1, -0.05) is 0 Å². The summed E-state index contributed by atoms with van der Waals surface area (Å²) in [5, 5.41) is 5.74. The van der Waals surface area contributed by atoms with Gasteiger partial charge in [-0.3, -0.25) is 12.9 Å². The summed E-state index contributed by atoms with van der Waals surface area (Å²) in [5.74, 6) is -0.386. The van der Waals surface area contributed by atoms with Gasteiger partial charge >= 0.3 is 7.67 Å². The van der Waals surface area contributed by atoms with Crippen molar-refractivity contribution in [2.45, 2.75) is 44.7 Å². The minimum Gasteiger partial charge on any atom is -0.306 e. The molecule has 25 heavy (non-hydrogen) atoms. The molecule has 13 heteroatoms. The lowest BCUT2D eigenvalue weighted by Gasteiger charge is -2.41. The molecule has 10 nitrogen and oxygen atoms in total. The molecule has 2 heterocycles. The maximum atomic E-state index is 13.2. The van der Waals surface area contributed by atoms with Gasteiger partial charge in [0.25, 0.3) is 20.2 Å². The molecule has 0 aromatic carbocycles. The van der Waals surface area contributed by atoms with E-state index in [0.717, 1.165) is 0 Å². The van der Waals surface area contributed by atoms with Crippen molar-refractivity contribution in [3.05, 3.63) is 0 Å². The van der Waals surface area contributed by atoms with Crippen molar-refractivity contribution in [1.29, 1.82) is 0 Å². The van der Waals surface area contributed by atoms with Gasteiger partial charge in [-0.15, -0.1) is 0 Å². The van der Waals surface area contributed by atoms with E-state index in [4.69, 9.17) is 12.9 Å². The van der Waals surface area contributed by atoms with Crippen LogP contribution in [0.4, 0.5) is 0 Å². The molecule has 2 atom stereocenters. The van der Waals surface area contributed by atoms with Gasteiger partial charge in [0, 0.05) is 0 Å². The van der Waals surface area contributed by atoms with Crippen LogP contribution in [0.2, 0.25) is 0 Å². The van der Waals surface area contributed by atoms with Crippen LogP contribution in [-0.2, 0) is 37.7 Å². The highest BCUT2D eigenvalue weighted by Crippen LogP contribution is 2.45. The van der Waals surface area contributed by atoms with Crippen LogP contribution in [0.25, 0.3) is 0 Å². The maximum Gasteiger partial charge on any atom is 0.341 e. The Morgan fingerprint density at radius 1 is 0.960 bits per heavy atom. The lowest BCUT2D eigenvalue weighted by atomic mass is 10.0. The van der Waals surface area contributed by atoms with E-state index in [9.17, 15) is 21.4 Å². The standard InChI is InChI=1S/C12H25N2O8PS2/c1-4-20-23(15,13-11(2)5-7-24(16,17)21-9-11)14-12(3)6-8-25(18,19)22-10-12/h4-10H2,1-3H3,(H2,13,14,15). The second-order valence-electron chi connectivity index (χ2n) is 6.86. The Balaban J connectivity index is 2.11. The van der Waals surface area contributed by atoms with Gasteiger partial charge in [-0.05, 0) is 33.6 Å². The van der Waals surface area contributed by atoms with Crippen LogP contribution in [0.15, 0.2) is 0 Å². The van der Waals surface area contributed by atoms with Crippen molar-refractivity contribution < 1.29 is 34.3 Å². The van der Waals surface area contributed by atoms with Gasteiger partial charge in [0.15, 0.2) is 0 Å². The molecule has 2 rings (SSSR count). The van der Waals surface area contributed by atoms with Crippen LogP contribution in [-0.4, -0.2) is 59.2 Å². The van der Waals surface area contributed by atoms with Crippen molar-refractivity contribution in [2.24, 2.45) is 0 Å². The fraction of sp³-hybridized carbons (Fsp3) is 1.00. The maximum absolute atomic E-state index is 13.2. The molecule has 2 unspecified atom stereocenters. The largest absolute Gasteiger partial charge is 0.341 e. The molecule has 2 aliphatic heterocycles. The molecular weight excluding hydrogens is 395 g/mol. The fourth-order valence-electron chi connectivity index (χ4n) is 2.56. The van der Waals surface area contributed by atoms with Gasteiger partial charge in [-0.25, -0.2) is 10.2 Å². The van der Waals surface area contributed by atoms with Crippen LogP contribution >= 0.6 is 7.67 Å². The van der Waals surface area contributed by atoms with Gasteiger partial charge in [0.1, 0.15) is 0 Å². The average molecular weight is 420 g/mol. The highest BCUT2D eigenvalue weighted by molar-refractivity contribution is 7.87. The Labute approximate surface area is 148 Å². The third-order valence-electron chi connectivity index (χ3n) is 4.07. The third kappa shape index (κ3) is 5.96. The minimum atomic E-state index is -3.62. The molecule has 0 spiro atoms.